The quantitative estimate of drug-likeness (QED) is 0.128. The van der Waals surface area contributed by atoms with Crippen molar-refractivity contribution in [1.29, 1.82) is 5.26 Å². The van der Waals surface area contributed by atoms with Gasteiger partial charge in [0.05, 0.1) is 45.4 Å². The van der Waals surface area contributed by atoms with Crippen LogP contribution in [0.3, 0.4) is 0 Å². The molecule has 0 saturated carbocycles. The molecule has 5 nitrogen and oxygen atoms in total. The van der Waals surface area contributed by atoms with Gasteiger partial charge in [-0.15, -0.1) is 0 Å². The molecular formula is C49H33N5. The van der Waals surface area contributed by atoms with Crippen molar-refractivity contribution >= 4 is 32.6 Å². The van der Waals surface area contributed by atoms with E-state index in [0.717, 1.165) is 83.2 Å². The van der Waals surface area contributed by atoms with Gasteiger partial charge in [0.15, 0.2) is 5.82 Å². The standard InChI is InChI=1S/C45H27N5.C4H6/c46-28-29-14-13-19-32(26-29)43-44(48-38-25-12-11-24-37(38)47-43)41-33-20-7-9-22-35(33)42(36-23-10-8-21-34(36)41)45-49-39(30-15-3-1-4-16-30)27-40(50-45)31-17-5-2-6-18-31;1-3-4-2/h1-27H;3-4H,1-2H2. The van der Waals surface area contributed by atoms with E-state index in [4.69, 9.17) is 19.9 Å². The highest BCUT2D eigenvalue weighted by molar-refractivity contribution is 6.21. The number of hydrogen-bond donors (Lipinski definition) is 0. The molecule has 0 atom stereocenters. The van der Waals surface area contributed by atoms with Crippen LogP contribution in [0.15, 0.2) is 189 Å². The lowest BCUT2D eigenvalue weighted by atomic mass is 9.88. The zero-order chi connectivity index (χ0) is 36.9. The second-order valence-electron chi connectivity index (χ2n) is 12.6. The summed E-state index contributed by atoms with van der Waals surface area (Å²) in [6, 6.07) is 57.2. The summed E-state index contributed by atoms with van der Waals surface area (Å²) in [5, 5.41) is 13.8. The second kappa shape index (κ2) is 15.0. The number of nitriles is 1. The van der Waals surface area contributed by atoms with E-state index in [1.54, 1.807) is 12.2 Å². The van der Waals surface area contributed by atoms with Crippen molar-refractivity contribution in [3.8, 4) is 62.5 Å². The molecule has 0 amide bonds. The number of rotatable bonds is 6. The third-order valence-electron chi connectivity index (χ3n) is 9.26. The Balaban J connectivity index is 0.000000987. The summed E-state index contributed by atoms with van der Waals surface area (Å²) in [5.41, 5.74) is 10.1. The van der Waals surface area contributed by atoms with E-state index in [0.29, 0.717) is 11.4 Å². The van der Waals surface area contributed by atoms with Crippen molar-refractivity contribution in [1.82, 2.24) is 19.9 Å². The van der Waals surface area contributed by atoms with E-state index in [1.165, 1.54) is 0 Å². The number of benzene rings is 7. The van der Waals surface area contributed by atoms with Crippen molar-refractivity contribution in [3.05, 3.63) is 195 Å². The summed E-state index contributed by atoms with van der Waals surface area (Å²) in [7, 11) is 0. The lowest BCUT2D eigenvalue weighted by molar-refractivity contribution is 1.19. The third-order valence-corrected chi connectivity index (χ3v) is 9.26. The Bertz CT molecular complexity index is 2750. The monoisotopic (exact) mass is 691 g/mol. The Kier molecular flexibility index (Phi) is 9.31. The van der Waals surface area contributed by atoms with Gasteiger partial charge in [-0.1, -0.05) is 159 Å². The van der Waals surface area contributed by atoms with Crippen molar-refractivity contribution < 1.29 is 0 Å². The third kappa shape index (κ3) is 6.41. The van der Waals surface area contributed by atoms with Gasteiger partial charge in [0.25, 0.3) is 0 Å². The number of fused-ring (bicyclic) bond motifs is 3. The largest absolute Gasteiger partial charge is 0.244 e. The van der Waals surface area contributed by atoms with Crippen molar-refractivity contribution in [2.45, 2.75) is 0 Å². The second-order valence-corrected chi connectivity index (χ2v) is 12.6. The normalized spacial score (nSPS) is 10.7. The number of nitrogens with zero attached hydrogens (tertiary/aromatic N) is 5. The fraction of sp³-hybridized carbons (Fsp3) is 0. The highest BCUT2D eigenvalue weighted by atomic mass is 14.9. The molecule has 0 saturated heterocycles. The molecule has 9 rings (SSSR count). The fourth-order valence-electron chi connectivity index (χ4n) is 6.81. The number of allylic oxidation sites excluding steroid dienone is 2. The minimum absolute atomic E-state index is 0.568. The van der Waals surface area contributed by atoms with Crippen LogP contribution in [0.2, 0.25) is 0 Å². The average Bonchev–Trinajstić information content (AvgIpc) is 3.25. The Labute approximate surface area is 313 Å². The lowest BCUT2D eigenvalue weighted by Crippen LogP contribution is -2.00. The summed E-state index contributed by atoms with van der Waals surface area (Å²) in [5.74, 6) is 0.649. The highest BCUT2D eigenvalue weighted by Crippen LogP contribution is 2.45. The number of hydrogen-bond acceptors (Lipinski definition) is 5. The Morgan fingerprint density at radius 2 is 0.870 bits per heavy atom. The van der Waals surface area contributed by atoms with E-state index in [1.807, 2.05) is 84.9 Å². The van der Waals surface area contributed by atoms with Crippen LogP contribution < -0.4 is 0 Å². The smallest absolute Gasteiger partial charge is 0.161 e. The van der Waals surface area contributed by atoms with Gasteiger partial charge in [0, 0.05) is 27.8 Å². The molecule has 7 aromatic carbocycles. The van der Waals surface area contributed by atoms with Crippen LogP contribution in [0.25, 0.3) is 89.0 Å². The molecule has 0 radical (unpaired) electrons. The average molecular weight is 692 g/mol. The maximum absolute atomic E-state index is 9.78. The van der Waals surface area contributed by atoms with Gasteiger partial charge in [0.2, 0.25) is 0 Å². The van der Waals surface area contributed by atoms with Gasteiger partial charge in [0.1, 0.15) is 0 Å². The van der Waals surface area contributed by atoms with Gasteiger partial charge in [-0.25, -0.2) is 19.9 Å². The van der Waals surface area contributed by atoms with Gasteiger partial charge < -0.3 is 0 Å². The first kappa shape index (κ1) is 33.6. The molecule has 54 heavy (non-hydrogen) atoms. The van der Waals surface area contributed by atoms with Crippen LogP contribution in [0.1, 0.15) is 5.56 Å². The molecule has 5 heteroatoms. The molecule has 0 aliphatic rings. The molecule has 2 aromatic heterocycles. The molecule has 254 valence electrons. The molecule has 0 N–H and O–H groups in total. The van der Waals surface area contributed by atoms with Gasteiger partial charge >= 0.3 is 0 Å². The minimum Gasteiger partial charge on any atom is -0.244 e. The van der Waals surface area contributed by atoms with Crippen LogP contribution >= 0.6 is 0 Å². The summed E-state index contributed by atoms with van der Waals surface area (Å²) in [6.45, 7) is 6.72. The molecule has 0 aliphatic carbocycles. The molecule has 0 aliphatic heterocycles. The molecule has 2 heterocycles. The first-order valence-electron chi connectivity index (χ1n) is 17.6. The molecule has 0 bridgehead atoms. The van der Waals surface area contributed by atoms with Crippen molar-refractivity contribution in [2.75, 3.05) is 0 Å². The van der Waals surface area contributed by atoms with Crippen molar-refractivity contribution in [3.63, 3.8) is 0 Å². The molecule has 0 unspecified atom stereocenters. The van der Waals surface area contributed by atoms with Crippen molar-refractivity contribution in [2.24, 2.45) is 0 Å². The summed E-state index contributed by atoms with van der Waals surface area (Å²) in [4.78, 5) is 21.0. The molecule has 0 spiro atoms. The maximum Gasteiger partial charge on any atom is 0.161 e. The van der Waals surface area contributed by atoms with E-state index < -0.39 is 0 Å². The Morgan fingerprint density at radius 3 is 1.37 bits per heavy atom. The summed E-state index contributed by atoms with van der Waals surface area (Å²) < 4.78 is 0. The lowest BCUT2D eigenvalue weighted by Gasteiger charge is -2.19. The predicted octanol–water partition coefficient (Wildman–Crippen LogP) is 12.3. The van der Waals surface area contributed by atoms with E-state index in [9.17, 15) is 5.26 Å². The number of aromatic nitrogens is 4. The predicted molar refractivity (Wildman–Crippen MR) is 222 cm³/mol. The van der Waals surface area contributed by atoms with Gasteiger partial charge in [-0.2, -0.15) is 5.26 Å². The van der Waals surface area contributed by atoms with Crippen LogP contribution in [0.5, 0.6) is 0 Å². The summed E-state index contributed by atoms with van der Waals surface area (Å²) in [6.07, 6.45) is 3.28. The van der Waals surface area contributed by atoms with Crippen LogP contribution in [-0.4, -0.2) is 19.9 Å². The fourth-order valence-corrected chi connectivity index (χ4v) is 6.81. The Hall–Kier alpha value is -7.55. The zero-order valence-corrected chi connectivity index (χ0v) is 29.4. The van der Waals surface area contributed by atoms with E-state index in [2.05, 4.69) is 98.1 Å². The van der Waals surface area contributed by atoms with Gasteiger partial charge in [-0.05, 0) is 51.9 Å². The topological polar surface area (TPSA) is 75.3 Å². The molecule has 9 aromatic rings. The summed E-state index contributed by atoms with van der Waals surface area (Å²) >= 11 is 0. The molecular weight excluding hydrogens is 659 g/mol. The van der Waals surface area contributed by atoms with Crippen LogP contribution in [0.4, 0.5) is 0 Å². The first-order valence-corrected chi connectivity index (χ1v) is 17.6. The Morgan fingerprint density at radius 1 is 0.426 bits per heavy atom. The minimum atomic E-state index is 0.568. The highest BCUT2D eigenvalue weighted by Gasteiger charge is 2.23. The maximum atomic E-state index is 9.78. The zero-order valence-electron chi connectivity index (χ0n) is 29.4. The number of para-hydroxylation sites is 2. The van der Waals surface area contributed by atoms with Crippen LogP contribution in [0, 0.1) is 11.3 Å². The van der Waals surface area contributed by atoms with E-state index in [-0.39, 0.29) is 0 Å². The van der Waals surface area contributed by atoms with E-state index >= 15 is 0 Å². The van der Waals surface area contributed by atoms with Crippen LogP contribution in [-0.2, 0) is 0 Å². The molecule has 0 fully saturated rings. The SMILES string of the molecule is C=CC=C.N#Cc1cccc(-c2nc3ccccc3nc2-c2c3ccccc3c(-c3nc(-c4ccccc4)cc(-c4ccccc4)n3)c3ccccc23)c1. The van der Waals surface area contributed by atoms with Gasteiger partial charge in [-0.3, -0.25) is 0 Å². The first-order chi connectivity index (χ1) is 26.7.